The molecular weight excluding hydrogens is 342 g/mol. The largest absolute Gasteiger partial charge is 0.379 e. The van der Waals surface area contributed by atoms with E-state index in [-0.39, 0.29) is 11.3 Å². The molecule has 0 N–H and O–H groups in total. The Morgan fingerprint density at radius 2 is 2.07 bits per heavy atom. The Labute approximate surface area is 158 Å². The summed E-state index contributed by atoms with van der Waals surface area (Å²) in [6, 6.07) is 11.6. The molecule has 2 aliphatic rings. The molecule has 138 valence electrons. The molecule has 7 heteroatoms. The normalized spacial score (nSPS) is 23.4. The Bertz CT molecular complexity index is 849. The number of hydrogen-bond acceptors (Lipinski definition) is 6. The number of nitrogens with zero attached hydrogens (tertiary/aromatic N) is 5. The van der Waals surface area contributed by atoms with E-state index in [2.05, 4.69) is 20.9 Å². The fourth-order valence-corrected chi connectivity index (χ4v) is 3.91. The Morgan fingerprint density at radius 1 is 1.22 bits per heavy atom. The lowest BCUT2D eigenvalue weighted by molar-refractivity contribution is -0.118. The predicted molar refractivity (Wildman–Crippen MR) is 98.7 cm³/mol. The summed E-state index contributed by atoms with van der Waals surface area (Å²) in [7, 11) is 0. The highest BCUT2D eigenvalue weighted by Gasteiger charge is 2.46. The number of carbonyl (C=O) groups is 1. The molecule has 2 fully saturated rings. The van der Waals surface area contributed by atoms with Crippen LogP contribution in [0.25, 0.3) is 0 Å². The molecule has 2 aromatic rings. The van der Waals surface area contributed by atoms with Gasteiger partial charge in [0.1, 0.15) is 12.1 Å². The standard InChI is InChI=1S/C20H21N5O2/c21-10-16-1-3-17(4-2-16)11-24-7-8-27-14-20(12-24)9-19(26)25(13-20)18-5-6-22-15-23-18/h1-6,15H,7-9,11-14H2/t20-/m1/s1. The lowest BCUT2D eigenvalue weighted by atomic mass is 9.87. The van der Waals surface area contributed by atoms with Crippen LogP contribution in [-0.4, -0.2) is 53.6 Å². The van der Waals surface area contributed by atoms with Crippen LogP contribution in [0, 0.1) is 16.7 Å². The molecule has 0 saturated carbocycles. The molecule has 3 heterocycles. The number of rotatable bonds is 3. The zero-order chi connectivity index (χ0) is 18.7. The highest BCUT2D eigenvalue weighted by molar-refractivity contribution is 5.95. The van der Waals surface area contributed by atoms with Gasteiger partial charge in [0.25, 0.3) is 0 Å². The summed E-state index contributed by atoms with van der Waals surface area (Å²) in [6.07, 6.45) is 3.58. The Hall–Kier alpha value is -2.82. The van der Waals surface area contributed by atoms with Gasteiger partial charge in [-0.15, -0.1) is 0 Å². The van der Waals surface area contributed by atoms with E-state index in [0.717, 1.165) is 25.2 Å². The third-order valence-corrected chi connectivity index (χ3v) is 5.17. The van der Waals surface area contributed by atoms with Gasteiger partial charge in [-0.2, -0.15) is 5.26 Å². The van der Waals surface area contributed by atoms with Gasteiger partial charge in [0, 0.05) is 44.2 Å². The van der Waals surface area contributed by atoms with Crippen molar-refractivity contribution in [2.75, 3.05) is 37.7 Å². The fraction of sp³-hybridized carbons (Fsp3) is 0.400. The molecule has 0 radical (unpaired) electrons. The van der Waals surface area contributed by atoms with Crippen LogP contribution in [0.5, 0.6) is 0 Å². The van der Waals surface area contributed by atoms with Gasteiger partial charge >= 0.3 is 0 Å². The number of ether oxygens (including phenoxy) is 1. The highest BCUT2D eigenvalue weighted by atomic mass is 16.5. The summed E-state index contributed by atoms with van der Waals surface area (Å²) in [5.74, 6) is 0.729. The monoisotopic (exact) mass is 363 g/mol. The van der Waals surface area contributed by atoms with Crippen molar-refractivity contribution in [3.05, 3.63) is 54.0 Å². The van der Waals surface area contributed by atoms with Gasteiger partial charge in [-0.1, -0.05) is 12.1 Å². The van der Waals surface area contributed by atoms with Gasteiger partial charge in [0.05, 0.1) is 24.8 Å². The van der Waals surface area contributed by atoms with Crippen molar-refractivity contribution in [1.82, 2.24) is 14.9 Å². The molecule has 0 unspecified atom stereocenters. The Kier molecular flexibility index (Phi) is 4.84. The maximum atomic E-state index is 12.7. The van der Waals surface area contributed by atoms with Gasteiger partial charge in [-0.05, 0) is 23.8 Å². The highest BCUT2D eigenvalue weighted by Crippen LogP contribution is 2.36. The van der Waals surface area contributed by atoms with Gasteiger partial charge < -0.3 is 4.74 Å². The van der Waals surface area contributed by atoms with Crippen molar-refractivity contribution >= 4 is 11.7 Å². The van der Waals surface area contributed by atoms with E-state index in [1.807, 2.05) is 24.3 Å². The third kappa shape index (κ3) is 3.82. The minimum absolute atomic E-state index is 0.0810. The fourth-order valence-electron chi connectivity index (χ4n) is 3.91. The number of hydrogen-bond donors (Lipinski definition) is 0. The van der Waals surface area contributed by atoms with E-state index in [9.17, 15) is 4.79 Å². The van der Waals surface area contributed by atoms with Crippen LogP contribution in [-0.2, 0) is 16.1 Å². The summed E-state index contributed by atoms with van der Waals surface area (Å²) >= 11 is 0. The van der Waals surface area contributed by atoms with Crippen LogP contribution in [0.2, 0.25) is 0 Å². The number of aromatic nitrogens is 2. The molecule has 2 aliphatic heterocycles. The first-order valence-electron chi connectivity index (χ1n) is 9.03. The van der Waals surface area contributed by atoms with Crippen LogP contribution in [0.4, 0.5) is 5.82 Å². The van der Waals surface area contributed by atoms with Crippen LogP contribution in [0.15, 0.2) is 42.9 Å². The molecule has 1 amide bonds. The number of carbonyl (C=O) groups excluding carboxylic acids is 1. The van der Waals surface area contributed by atoms with E-state index in [1.165, 1.54) is 6.33 Å². The van der Waals surface area contributed by atoms with E-state index in [4.69, 9.17) is 10.00 Å². The van der Waals surface area contributed by atoms with Crippen LogP contribution >= 0.6 is 0 Å². The van der Waals surface area contributed by atoms with Crippen LogP contribution in [0.1, 0.15) is 17.5 Å². The predicted octanol–water partition coefficient (Wildman–Crippen LogP) is 1.60. The first-order chi connectivity index (χ1) is 13.2. The molecule has 1 atom stereocenters. The number of nitriles is 1. The first kappa shape index (κ1) is 17.6. The van der Waals surface area contributed by atoms with Crippen molar-refractivity contribution < 1.29 is 9.53 Å². The molecule has 0 bridgehead atoms. The van der Waals surface area contributed by atoms with Crippen molar-refractivity contribution in [2.45, 2.75) is 13.0 Å². The Balaban J connectivity index is 1.49. The second kappa shape index (κ2) is 7.43. The third-order valence-electron chi connectivity index (χ3n) is 5.17. The molecule has 1 aromatic heterocycles. The van der Waals surface area contributed by atoms with E-state index >= 15 is 0 Å². The van der Waals surface area contributed by atoms with E-state index in [0.29, 0.717) is 37.6 Å². The molecule has 1 spiro atoms. The topological polar surface area (TPSA) is 82.4 Å². The second-order valence-corrected chi connectivity index (χ2v) is 7.30. The van der Waals surface area contributed by atoms with Crippen molar-refractivity contribution in [3.63, 3.8) is 0 Å². The maximum absolute atomic E-state index is 12.7. The quantitative estimate of drug-likeness (QED) is 0.824. The van der Waals surface area contributed by atoms with Gasteiger partial charge in [0.2, 0.25) is 5.91 Å². The molecule has 27 heavy (non-hydrogen) atoms. The lowest BCUT2D eigenvalue weighted by Crippen LogP contribution is -2.40. The molecule has 0 aliphatic carbocycles. The average Bonchev–Trinajstić information content (AvgIpc) is 2.89. The van der Waals surface area contributed by atoms with Crippen LogP contribution < -0.4 is 4.90 Å². The molecule has 1 aromatic carbocycles. The summed E-state index contributed by atoms with van der Waals surface area (Å²) in [4.78, 5) is 24.9. The van der Waals surface area contributed by atoms with Gasteiger partial charge in [-0.3, -0.25) is 14.6 Å². The minimum atomic E-state index is -0.231. The zero-order valence-corrected chi connectivity index (χ0v) is 15.0. The smallest absolute Gasteiger partial charge is 0.228 e. The summed E-state index contributed by atoms with van der Waals surface area (Å²) in [5, 5.41) is 8.95. The van der Waals surface area contributed by atoms with Crippen molar-refractivity contribution in [2.24, 2.45) is 5.41 Å². The zero-order valence-electron chi connectivity index (χ0n) is 15.0. The first-order valence-corrected chi connectivity index (χ1v) is 9.03. The molecular formula is C20H21N5O2. The van der Waals surface area contributed by atoms with Crippen molar-refractivity contribution in [3.8, 4) is 6.07 Å². The maximum Gasteiger partial charge on any atom is 0.228 e. The molecule has 7 nitrogen and oxygen atoms in total. The summed E-state index contributed by atoms with van der Waals surface area (Å²) in [5.41, 5.74) is 1.59. The number of anilines is 1. The number of amides is 1. The second-order valence-electron chi connectivity index (χ2n) is 7.30. The van der Waals surface area contributed by atoms with E-state index in [1.54, 1.807) is 17.2 Å². The SMILES string of the molecule is N#Cc1ccc(CN2CCOC[C@]3(CC(=O)N(c4ccncn4)C3)C2)cc1. The summed E-state index contributed by atoms with van der Waals surface area (Å²) < 4.78 is 5.87. The van der Waals surface area contributed by atoms with Gasteiger partial charge in [-0.25, -0.2) is 9.97 Å². The average molecular weight is 363 g/mol. The van der Waals surface area contributed by atoms with E-state index < -0.39 is 0 Å². The van der Waals surface area contributed by atoms with Gasteiger partial charge in [0.15, 0.2) is 0 Å². The molecule has 4 rings (SSSR count). The van der Waals surface area contributed by atoms with Crippen molar-refractivity contribution in [1.29, 1.82) is 5.26 Å². The number of benzene rings is 1. The summed E-state index contributed by atoms with van der Waals surface area (Å²) in [6.45, 7) is 4.22. The van der Waals surface area contributed by atoms with Crippen LogP contribution in [0.3, 0.4) is 0 Å². The Morgan fingerprint density at radius 3 is 2.81 bits per heavy atom. The minimum Gasteiger partial charge on any atom is -0.379 e. The lowest BCUT2D eigenvalue weighted by Gasteiger charge is -2.31. The molecule has 2 saturated heterocycles.